The summed E-state index contributed by atoms with van der Waals surface area (Å²) in [5, 5.41) is 0. The van der Waals surface area contributed by atoms with Crippen LogP contribution in [0.3, 0.4) is 0 Å². The van der Waals surface area contributed by atoms with E-state index in [1.165, 1.54) is 10.4 Å². The molecule has 0 amide bonds. The van der Waals surface area contributed by atoms with Crippen molar-refractivity contribution in [3.05, 3.63) is 21.4 Å². The molecule has 0 fully saturated rings. The van der Waals surface area contributed by atoms with Crippen molar-refractivity contribution in [1.29, 1.82) is 0 Å². The smallest absolute Gasteiger partial charge is 0.173 e. The van der Waals surface area contributed by atoms with Crippen LogP contribution < -0.4 is 0 Å². The Morgan fingerprint density at radius 2 is 2.36 bits per heavy atom. The third-order valence-corrected chi connectivity index (χ3v) is 3.45. The van der Waals surface area contributed by atoms with Crippen molar-refractivity contribution >= 4 is 17.1 Å². The zero-order chi connectivity index (χ0) is 7.84. The summed E-state index contributed by atoms with van der Waals surface area (Å²) in [6.45, 7) is 2.13. The minimum Gasteiger partial charge on any atom is -0.293 e. The van der Waals surface area contributed by atoms with Crippen LogP contribution in [-0.2, 0) is 12.8 Å². The van der Waals surface area contributed by atoms with Gasteiger partial charge < -0.3 is 0 Å². The maximum atomic E-state index is 11.2. The van der Waals surface area contributed by atoms with Crippen LogP contribution in [0.15, 0.2) is 6.07 Å². The summed E-state index contributed by atoms with van der Waals surface area (Å²) in [6, 6.07) is 2.19. The van der Waals surface area contributed by atoms with Crippen LogP contribution in [0.5, 0.6) is 0 Å². The SMILES string of the molecule is CCc1cc2c(s1)C(=O)CC2. The number of hydrogen-bond donors (Lipinski definition) is 0. The van der Waals surface area contributed by atoms with Crippen LogP contribution in [0.4, 0.5) is 0 Å². The van der Waals surface area contributed by atoms with Gasteiger partial charge in [-0.05, 0) is 24.5 Å². The Labute approximate surface area is 70.1 Å². The Hall–Kier alpha value is -0.630. The predicted molar refractivity (Wildman–Crippen MR) is 46.3 cm³/mol. The first kappa shape index (κ1) is 7.04. The first-order valence-electron chi connectivity index (χ1n) is 3.96. The summed E-state index contributed by atoms with van der Waals surface area (Å²) >= 11 is 1.68. The Balaban J connectivity index is 2.46. The first-order chi connectivity index (χ1) is 5.31. The molecule has 2 heteroatoms. The second-order valence-corrected chi connectivity index (χ2v) is 3.98. The second kappa shape index (κ2) is 2.45. The summed E-state index contributed by atoms with van der Waals surface area (Å²) in [4.78, 5) is 13.6. The quantitative estimate of drug-likeness (QED) is 0.626. The molecule has 0 radical (unpaired) electrons. The maximum Gasteiger partial charge on any atom is 0.173 e. The van der Waals surface area contributed by atoms with Crippen molar-refractivity contribution in [3.8, 4) is 0 Å². The van der Waals surface area contributed by atoms with E-state index in [-0.39, 0.29) is 0 Å². The van der Waals surface area contributed by atoms with Gasteiger partial charge in [-0.3, -0.25) is 4.79 Å². The summed E-state index contributed by atoms with van der Waals surface area (Å²) in [5.41, 5.74) is 1.29. The van der Waals surface area contributed by atoms with Gasteiger partial charge in [0.15, 0.2) is 5.78 Å². The van der Waals surface area contributed by atoms with Crippen molar-refractivity contribution in [3.63, 3.8) is 0 Å². The third kappa shape index (κ3) is 1.02. The molecule has 0 spiro atoms. The molecule has 0 N–H and O–H groups in total. The van der Waals surface area contributed by atoms with Gasteiger partial charge in [0, 0.05) is 11.3 Å². The molecule has 0 unspecified atom stereocenters. The average Bonchev–Trinajstić information content (AvgIpc) is 2.53. The van der Waals surface area contributed by atoms with E-state index in [2.05, 4.69) is 13.0 Å². The molecule has 0 aliphatic heterocycles. The summed E-state index contributed by atoms with van der Waals surface area (Å²) < 4.78 is 0. The predicted octanol–water partition coefficient (Wildman–Crippen LogP) is 2.44. The largest absolute Gasteiger partial charge is 0.293 e. The van der Waals surface area contributed by atoms with Crippen molar-refractivity contribution in [2.24, 2.45) is 0 Å². The van der Waals surface area contributed by atoms with Crippen LogP contribution in [0.25, 0.3) is 0 Å². The van der Waals surface area contributed by atoms with Crippen LogP contribution in [-0.4, -0.2) is 5.78 Å². The molecule has 0 saturated carbocycles. The van der Waals surface area contributed by atoms with E-state index >= 15 is 0 Å². The van der Waals surface area contributed by atoms with E-state index < -0.39 is 0 Å². The molecule has 1 aliphatic rings. The molecule has 58 valence electrons. The van der Waals surface area contributed by atoms with E-state index in [0.717, 1.165) is 24.1 Å². The lowest BCUT2D eigenvalue weighted by Crippen LogP contribution is -1.85. The Morgan fingerprint density at radius 1 is 1.55 bits per heavy atom. The molecule has 1 nitrogen and oxygen atoms in total. The molecule has 0 atom stereocenters. The Kier molecular flexibility index (Phi) is 1.57. The highest BCUT2D eigenvalue weighted by atomic mass is 32.1. The average molecular weight is 166 g/mol. The molecule has 2 rings (SSSR count). The highest BCUT2D eigenvalue weighted by Crippen LogP contribution is 2.30. The van der Waals surface area contributed by atoms with Crippen LogP contribution in [0, 0.1) is 0 Å². The number of fused-ring (bicyclic) bond motifs is 1. The lowest BCUT2D eigenvalue weighted by molar-refractivity contribution is 0.0998. The van der Waals surface area contributed by atoms with Crippen LogP contribution >= 0.6 is 11.3 Å². The van der Waals surface area contributed by atoms with Gasteiger partial charge in [0.05, 0.1) is 4.88 Å². The number of carbonyl (C=O) groups excluding carboxylic acids is 1. The zero-order valence-electron chi connectivity index (χ0n) is 6.52. The molecule has 0 saturated heterocycles. The number of thiophene rings is 1. The molecule has 11 heavy (non-hydrogen) atoms. The normalized spacial score (nSPS) is 15.5. The van der Waals surface area contributed by atoms with Crippen LogP contribution in [0.1, 0.15) is 33.5 Å². The number of Topliss-reactive ketones (excluding diaryl/α,β-unsaturated/α-hetero) is 1. The van der Waals surface area contributed by atoms with Gasteiger partial charge >= 0.3 is 0 Å². The summed E-state index contributed by atoms with van der Waals surface area (Å²) in [6.07, 6.45) is 2.78. The fourth-order valence-corrected chi connectivity index (χ4v) is 2.56. The molecule has 0 aromatic carbocycles. The van der Waals surface area contributed by atoms with E-state index in [4.69, 9.17) is 0 Å². The van der Waals surface area contributed by atoms with Gasteiger partial charge in [0.1, 0.15) is 0 Å². The number of rotatable bonds is 1. The molecule has 1 aliphatic carbocycles. The van der Waals surface area contributed by atoms with E-state index in [9.17, 15) is 4.79 Å². The zero-order valence-corrected chi connectivity index (χ0v) is 7.33. The van der Waals surface area contributed by atoms with E-state index in [1.54, 1.807) is 11.3 Å². The number of hydrogen-bond acceptors (Lipinski definition) is 2. The number of carbonyl (C=O) groups is 1. The van der Waals surface area contributed by atoms with Crippen molar-refractivity contribution < 1.29 is 4.79 Å². The molecule has 1 aromatic heterocycles. The molecule has 0 bridgehead atoms. The molecular weight excluding hydrogens is 156 g/mol. The van der Waals surface area contributed by atoms with Gasteiger partial charge in [0.2, 0.25) is 0 Å². The highest BCUT2D eigenvalue weighted by Gasteiger charge is 2.21. The van der Waals surface area contributed by atoms with E-state index in [0.29, 0.717) is 5.78 Å². The first-order valence-corrected chi connectivity index (χ1v) is 4.77. The van der Waals surface area contributed by atoms with Crippen LogP contribution in [0.2, 0.25) is 0 Å². The monoisotopic (exact) mass is 166 g/mol. The van der Waals surface area contributed by atoms with Crippen molar-refractivity contribution in [1.82, 2.24) is 0 Å². The fraction of sp³-hybridized carbons (Fsp3) is 0.444. The highest BCUT2D eigenvalue weighted by molar-refractivity contribution is 7.14. The molecular formula is C9H10OS. The van der Waals surface area contributed by atoms with Gasteiger partial charge in [-0.1, -0.05) is 6.92 Å². The Bertz CT molecular complexity index is 299. The lowest BCUT2D eigenvalue weighted by atomic mass is 10.2. The van der Waals surface area contributed by atoms with Gasteiger partial charge in [-0.25, -0.2) is 0 Å². The Morgan fingerprint density at radius 3 is 3.00 bits per heavy atom. The minimum atomic E-state index is 0.352. The van der Waals surface area contributed by atoms with Crippen molar-refractivity contribution in [2.45, 2.75) is 26.2 Å². The van der Waals surface area contributed by atoms with Gasteiger partial charge in [-0.2, -0.15) is 0 Å². The van der Waals surface area contributed by atoms with Gasteiger partial charge in [-0.15, -0.1) is 11.3 Å². The number of aryl methyl sites for hydroxylation is 2. The second-order valence-electron chi connectivity index (χ2n) is 2.84. The standard InChI is InChI=1S/C9H10OS/c1-2-7-5-6-3-4-8(10)9(6)11-7/h5H,2-4H2,1H3. The minimum absolute atomic E-state index is 0.352. The van der Waals surface area contributed by atoms with E-state index in [1.807, 2.05) is 0 Å². The maximum absolute atomic E-state index is 11.2. The van der Waals surface area contributed by atoms with Gasteiger partial charge in [0.25, 0.3) is 0 Å². The molecule has 1 heterocycles. The summed E-state index contributed by atoms with van der Waals surface area (Å²) in [7, 11) is 0. The van der Waals surface area contributed by atoms with Crippen molar-refractivity contribution in [2.75, 3.05) is 0 Å². The lowest BCUT2D eigenvalue weighted by Gasteiger charge is -1.85. The third-order valence-electron chi connectivity index (χ3n) is 2.08. The fourth-order valence-electron chi connectivity index (χ4n) is 1.44. The summed E-state index contributed by atoms with van der Waals surface area (Å²) in [5.74, 6) is 0.352. The number of ketones is 1. The molecule has 1 aromatic rings. The topological polar surface area (TPSA) is 17.1 Å².